The van der Waals surface area contributed by atoms with Crippen molar-refractivity contribution in [1.82, 2.24) is 15.1 Å². The Morgan fingerprint density at radius 1 is 1.25 bits per heavy atom. The predicted octanol–water partition coefficient (Wildman–Crippen LogP) is 1.90. The van der Waals surface area contributed by atoms with Crippen molar-refractivity contribution in [1.29, 1.82) is 0 Å². The van der Waals surface area contributed by atoms with Gasteiger partial charge in [-0.1, -0.05) is 12.5 Å². The molecule has 112 valence electrons. The Kier molecular flexibility index (Phi) is 6.50. The summed E-state index contributed by atoms with van der Waals surface area (Å²) < 4.78 is 0. The van der Waals surface area contributed by atoms with Gasteiger partial charge in [0.15, 0.2) is 0 Å². The van der Waals surface area contributed by atoms with Gasteiger partial charge in [0, 0.05) is 32.7 Å². The number of likely N-dealkylation sites (N-methyl/N-ethyl adjacent to an activating group) is 1. The highest BCUT2D eigenvalue weighted by Crippen LogP contribution is 2.08. The summed E-state index contributed by atoms with van der Waals surface area (Å²) in [5, 5.41) is 4.92. The smallest absolute Gasteiger partial charge is 0.261 e. The van der Waals surface area contributed by atoms with E-state index in [1.54, 1.807) is 0 Å². The normalized spacial score (nSPS) is 17.2. The third-order valence-corrected chi connectivity index (χ3v) is 4.65. The second-order valence-electron chi connectivity index (χ2n) is 5.44. The standard InChI is InChI=1S/C15H25N3OS/c1-17-9-11-18(12-10-17)8-4-2-3-7-16-15(19)14-6-5-13-20-14/h5-6,13H,2-4,7-12H2,1H3,(H,16,19). The van der Waals surface area contributed by atoms with Crippen LogP contribution in [0.1, 0.15) is 28.9 Å². The lowest BCUT2D eigenvalue weighted by Crippen LogP contribution is -2.44. The van der Waals surface area contributed by atoms with E-state index >= 15 is 0 Å². The molecule has 0 aliphatic carbocycles. The lowest BCUT2D eigenvalue weighted by Gasteiger charge is -2.32. The summed E-state index contributed by atoms with van der Waals surface area (Å²) in [5.74, 6) is 0.0686. The van der Waals surface area contributed by atoms with Crippen LogP contribution in [0.15, 0.2) is 17.5 Å². The molecule has 1 aliphatic rings. The highest BCUT2D eigenvalue weighted by Gasteiger charge is 2.12. The van der Waals surface area contributed by atoms with Gasteiger partial charge in [0.2, 0.25) is 0 Å². The molecule has 0 unspecified atom stereocenters. The number of hydrogen-bond donors (Lipinski definition) is 1. The van der Waals surface area contributed by atoms with Crippen LogP contribution in [0.2, 0.25) is 0 Å². The first-order valence-electron chi connectivity index (χ1n) is 7.48. The van der Waals surface area contributed by atoms with E-state index in [9.17, 15) is 4.79 Å². The Bertz CT molecular complexity index is 386. The van der Waals surface area contributed by atoms with E-state index in [-0.39, 0.29) is 5.91 Å². The van der Waals surface area contributed by atoms with E-state index in [1.165, 1.54) is 56.9 Å². The predicted molar refractivity (Wildman–Crippen MR) is 84.4 cm³/mol. The van der Waals surface area contributed by atoms with E-state index in [1.807, 2.05) is 17.5 Å². The number of carbonyl (C=O) groups is 1. The molecule has 1 aromatic rings. The molecule has 0 atom stereocenters. The van der Waals surface area contributed by atoms with Crippen molar-refractivity contribution in [2.24, 2.45) is 0 Å². The van der Waals surface area contributed by atoms with Crippen molar-refractivity contribution in [2.45, 2.75) is 19.3 Å². The van der Waals surface area contributed by atoms with E-state index in [0.717, 1.165) is 17.8 Å². The Morgan fingerprint density at radius 3 is 2.75 bits per heavy atom. The molecule has 4 nitrogen and oxygen atoms in total. The van der Waals surface area contributed by atoms with Gasteiger partial charge in [-0.05, 0) is 37.9 Å². The van der Waals surface area contributed by atoms with Crippen LogP contribution in [0, 0.1) is 0 Å². The second kappa shape index (κ2) is 8.39. The number of unbranched alkanes of at least 4 members (excludes halogenated alkanes) is 2. The first-order valence-corrected chi connectivity index (χ1v) is 8.36. The largest absolute Gasteiger partial charge is 0.351 e. The minimum absolute atomic E-state index is 0.0686. The van der Waals surface area contributed by atoms with Crippen molar-refractivity contribution >= 4 is 17.2 Å². The minimum atomic E-state index is 0.0686. The number of carbonyl (C=O) groups excluding carboxylic acids is 1. The summed E-state index contributed by atoms with van der Waals surface area (Å²) in [6.07, 6.45) is 3.50. The highest BCUT2D eigenvalue weighted by molar-refractivity contribution is 7.12. The molecule has 5 heteroatoms. The Morgan fingerprint density at radius 2 is 2.05 bits per heavy atom. The van der Waals surface area contributed by atoms with Crippen LogP contribution < -0.4 is 5.32 Å². The Balaban J connectivity index is 1.47. The summed E-state index contributed by atoms with van der Waals surface area (Å²) in [5.41, 5.74) is 0. The molecule has 0 aromatic carbocycles. The summed E-state index contributed by atoms with van der Waals surface area (Å²) in [7, 11) is 2.19. The molecule has 1 saturated heterocycles. The molecule has 20 heavy (non-hydrogen) atoms. The van der Waals surface area contributed by atoms with Crippen LogP contribution in [0.3, 0.4) is 0 Å². The molecular formula is C15H25N3OS. The molecule has 1 aromatic heterocycles. The number of nitrogens with zero attached hydrogens (tertiary/aromatic N) is 2. The molecule has 1 fully saturated rings. The Hall–Kier alpha value is -0.910. The van der Waals surface area contributed by atoms with E-state index in [2.05, 4.69) is 22.2 Å². The molecule has 1 N–H and O–H groups in total. The lowest BCUT2D eigenvalue weighted by atomic mass is 10.2. The Labute approximate surface area is 125 Å². The van der Waals surface area contributed by atoms with Crippen LogP contribution in [0.25, 0.3) is 0 Å². The molecule has 0 radical (unpaired) electrons. The van der Waals surface area contributed by atoms with Crippen molar-refractivity contribution in [3.05, 3.63) is 22.4 Å². The molecule has 0 bridgehead atoms. The van der Waals surface area contributed by atoms with Crippen LogP contribution in [0.4, 0.5) is 0 Å². The number of rotatable bonds is 7. The van der Waals surface area contributed by atoms with Crippen molar-refractivity contribution in [3.8, 4) is 0 Å². The van der Waals surface area contributed by atoms with Gasteiger partial charge in [0.25, 0.3) is 5.91 Å². The molecule has 1 amide bonds. The minimum Gasteiger partial charge on any atom is -0.351 e. The van der Waals surface area contributed by atoms with Crippen molar-refractivity contribution < 1.29 is 4.79 Å². The third-order valence-electron chi connectivity index (χ3n) is 3.78. The van der Waals surface area contributed by atoms with Gasteiger partial charge in [-0.15, -0.1) is 11.3 Å². The zero-order chi connectivity index (χ0) is 14.2. The maximum Gasteiger partial charge on any atom is 0.261 e. The maximum atomic E-state index is 11.7. The van der Waals surface area contributed by atoms with Gasteiger partial charge in [-0.3, -0.25) is 4.79 Å². The number of piperazine rings is 1. The SMILES string of the molecule is CN1CCN(CCCCCNC(=O)c2cccs2)CC1. The molecule has 2 heterocycles. The van der Waals surface area contributed by atoms with Crippen LogP contribution in [-0.2, 0) is 0 Å². The van der Waals surface area contributed by atoms with Crippen LogP contribution in [-0.4, -0.2) is 62.0 Å². The molecular weight excluding hydrogens is 270 g/mol. The third kappa shape index (κ3) is 5.23. The van der Waals surface area contributed by atoms with Gasteiger partial charge in [-0.25, -0.2) is 0 Å². The molecule has 1 aliphatic heterocycles. The van der Waals surface area contributed by atoms with Crippen molar-refractivity contribution in [2.75, 3.05) is 46.3 Å². The number of amides is 1. The quantitative estimate of drug-likeness (QED) is 0.780. The summed E-state index contributed by atoms with van der Waals surface area (Å²) >= 11 is 1.50. The number of hydrogen-bond acceptors (Lipinski definition) is 4. The second-order valence-corrected chi connectivity index (χ2v) is 6.39. The number of thiophene rings is 1. The van der Waals surface area contributed by atoms with Gasteiger partial charge in [-0.2, -0.15) is 0 Å². The van der Waals surface area contributed by atoms with Gasteiger partial charge < -0.3 is 15.1 Å². The summed E-state index contributed by atoms with van der Waals surface area (Å²) in [6.45, 7) is 6.77. The van der Waals surface area contributed by atoms with Crippen LogP contribution in [0.5, 0.6) is 0 Å². The van der Waals surface area contributed by atoms with Gasteiger partial charge >= 0.3 is 0 Å². The molecule has 0 spiro atoms. The van der Waals surface area contributed by atoms with Crippen LogP contribution >= 0.6 is 11.3 Å². The summed E-state index contributed by atoms with van der Waals surface area (Å²) in [4.78, 5) is 17.4. The topological polar surface area (TPSA) is 35.6 Å². The molecule has 2 rings (SSSR count). The lowest BCUT2D eigenvalue weighted by molar-refractivity contribution is 0.0956. The fourth-order valence-corrected chi connectivity index (χ4v) is 3.05. The fraction of sp³-hybridized carbons (Fsp3) is 0.667. The van der Waals surface area contributed by atoms with E-state index in [4.69, 9.17) is 0 Å². The maximum absolute atomic E-state index is 11.7. The molecule has 0 saturated carbocycles. The van der Waals surface area contributed by atoms with E-state index < -0.39 is 0 Å². The zero-order valence-corrected chi connectivity index (χ0v) is 13.1. The first-order chi connectivity index (χ1) is 9.75. The fourth-order valence-electron chi connectivity index (χ4n) is 2.41. The van der Waals surface area contributed by atoms with Gasteiger partial charge in [0.05, 0.1) is 4.88 Å². The first kappa shape index (κ1) is 15.5. The van der Waals surface area contributed by atoms with Gasteiger partial charge in [0.1, 0.15) is 0 Å². The monoisotopic (exact) mass is 295 g/mol. The van der Waals surface area contributed by atoms with Crippen molar-refractivity contribution in [3.63, 3.8) is 0 Å². The van der Waals surface area contributed by atoms with E-state index in [0.29, 0.717) is 0 Å². The zero-order valence-electron chi connectivity index (χ0n) is 12.3. The average Bonchev–Trinajstić information content (AvgIpc) is 2.98. The average molecular weight is 295 g/mol. The summed E-state index contributed by atoms with van der Waals surface area (Å²) in [6, 6.07) is 3.78. The number of nitrogens with one attached hydrogen (secondary N) is 1. The highest BCUT2D eigenvalue weighted by atomic mass is 32.1.